The van der Waals surface area contributed by atoms with Gasteiger partial charge in [0, 0.05) is 17.8 Å². The molecule has 9 nitrogen and oxygen atoms in total. The van der Waals surface area contributed by atoms with Crippen molar-refractivity contribution < 1.29 is 21.7 Å². The van der Waals surface area contributed by atoms with Crippen LogP contribution < -0.4 is 11.3 Å². The number of hydrogen-bond donors (Lipinski definition) is 1. The number of aromatic nitrogens is 4. The Labute approximate surface area is 194 Å². The second-order valence-electron chi connectivity index (χ2n) is 7.20. The summed E-state index contributed by atoms with van der Waals surface area (Å²) in [5, 5.41) is 4.30. The van der Waals surface area contributed by atoms with Gasteiger partial charge in [-0.1, -0.05) is 11.2 Å². The standard InChI is InChI=1S/C21H13F2N5O4S2/c22-14-8-18(34(30,31)9-19-25-10-26-33-19)15(23)7-16(14)28-5-1-2-12(21(28)29)11-3-4-17-13(6-11)20(24)27-32-17/h1-8,10H,9H2,(H2,24,27). The number of nitrogens with two attached hydrogens (primary N) is 1. The van der Waals surface area contributed by atoms with Crippen LogP contribution in [0.5, 0.6) is 0 Å². The van der Waals surface area contributed by atoms with Crippen LogP contribution in [0.2, 0.25) is 0 Å². The number of pyridine rings is 1. The number of rotatable bonds is 5. The molecule has 3 aromatic heterocycles. The first-order valence-corrected chi connectivity index (χ1v) is 12.0. The van der Waals surface area contributed by atoms with Crippen LogP contribution in [0.1, 0.15) is 5.01 Å². The number of nitrogens with zero attached hydrogens (tertiary/aromatic N) is 4. The van der Waals surface area contributed by atoms with Crippen LogP contribution >= 0.6 is 11.5 Å². The van der Waals surface area contributed by atoms with Gasteiger partial charge in [0.25, 0.3) is 5.56 Å². The summed E-state index contributed by atoms with van der Waals surface area (Å²) in [5.74, 6) is -2.77. The number of hydrogen-bond acceptors (Lipinski definition) is 9. The summed E-state index contributed by atoms with van der Waals surface area (Å²) in [6.45, 7) is 0. The van der Waals surface area contributed by atoms with E-state index in [1.54, 1.807) is 18.2 Å². The fourth-order valence-electron chi connectivity index (χ4n) is 3.47. The molecular weight excluding hydrogens is 488 g/mol. The molecular formula is C21H13F2N5O4S2. The molecule has 34 heavy (non-hydrogen) atoms. The van der Waals surface area contributed by atoms with Gasteiger partial charge in [-0.15, -0.1) is 0 Å². The Hall–Kier alpha value is -3.97. The topological polar surface area (TPSA) is 134 Å². The summed E-state index contributed by atoms with van der Waals surface area (Å²) < 4.78 is 64.7. The molecule has 0 fully saturated rings. The Morgan fingerprint density at radius 2 is 1.94 bits per heavy atom. The molecule has 0 saturated carbocycles. The van der Waals surface area contributed by atoms with Crippen molar-refractivity contribution in [3.8, 4) is 16.8 Å². The Morgan fingerprint density at radius 1 is 1.12 bits per heavy atom. The fraction of sp³-hybridized carbons (Fsp3) is 0.0476. The Kier molecular flexibility index (Phi) is 5.21. The van der Waals surface area contributed by atoms with Crippen LogP contribution in [-0.2, 0) is 15.6 Å². The maximum atomic E-state index is 15.0. The Balaban J connectivity index is 1.59. The lowest BCUT2D eigenvalue weighted by molar-refractivity contribution is 0.460. The monoisotopic (exact) mass is 501 g/mol. The molecule has 0 unspecified atom stereocenters. The first kappa shape index (κ1) is 21.9. The summed E-state index contributed by atoms with van der Waals surface area (Å²) in [5.41, 5.74) is 5.74. The molecule has 0 aliphatic carbocycles. The number of nitrogen functional groups attached to an aromatic ring is 1. The van der Waals surface area contributed by atoms with Gasteiger partial charge in [0.05, 0.1) is 11.1 Å². The second kappa shape index (κ2) is 8.11. The molecule has 0 bridgehead atoms. The van der Waals surface area contributed by atoms with Gasteiger partial charge in [0.15, 0.2) is 21.2 Å². The maximum absolute atomic E-state index is 15.0. The van der Waals surface area contributed by atoms with E-state index in [-0.39, 0.29) is 16.4 Å². The van der Waals surface area contributed by atoms with Crippen molar-refractivity contribution in [3.05, 3.63) is 82.0 Å². The van der Waals surface area contributed by atoms with E-state index in [4.69, 9.17) is 10.3 Å². The van der Waals surface area contributed by atoms with E-state index in [0.717, 1.165) is 16.1 Å². The van der Waals surface area contributed by atoms with Gasteiger partial charge in [-0.25, -0.2) is 22.2 Å². The van der Waals surface area contributed by atoms with Crippen molar-refractivity contribution in [1.82, 2.24) is 19.1 Å². The van der Waals surface area contributed by atoms with Gasteiger partial charge in [0.1, 0.15) is 33.6 Å². The Bertz CT molecular complexity index is 1710. The third kappa shape index (κ3) is 3.74. The highest BCUT2D eigenvalue weighted by atomic mass is 32.2. The van der Waals surface area contributed by atoms with Crippen LogP contribution in [0.4, 0.5) is 14.6 Å². The lowest BCUT2D eigenvalue weighted by Crippen LogP contribution is -2.21. The van der Waals surface area contributed by atoms with E-state index < -0.39 is 43.4 Å². The van der Waals surface area contributed by atoms with E-state index in [1.807, 2.05) is 0 Å². The number of benzene rings is 2. The van der Waals surface area contributed by atoms with Gasteiger partial charge in [-0.05, 0) is 47.4 Å². The maximum Gasteiger partial charge on any atom is 0.263 e. The van der Waals surface area contributed by atoms with Crippen LogP contribution in [0.25, 0.3) is 27.8 Å². The number of sulfone groups is 1. The van der Waals surface area contributed by atoms with Crippen molar-refractivity contribution in [2.24, 2.45) is 0 Å². The molecule has 172 valence electrons. The zero-order valence-corrected chi connectivity index (χ0v) is 18.6. The highest BCUT2D eigenvalue weighted by Crippen LogP contribution is 2.28. The van der Waals surface area contributed by atoms with Crippen LogP contribution in [0.15, 0.2) is 69.2 Å². The van der Waals surface area contributed by atoms with E-state index >= 15 is 4.39 Å². The van der Waals surface area contributed by atoms with E-state index in [1.165, 1.54) is 24.7 Å². The van der Waals surface area contributed by atoms with Crippen LogP contribution in [0, 0.1) is 11.6 Å². The molecule has 0 atom stereocenters. The third-order valence-electron chi connectivity index (χ3n) is 5.07. The summed E-state index contributed by atoms with van der Waals surface area (Å²) in [6.07, 6.45) is 2.43. The highest BCUT2D eigenvalue weighted by Gasteiger charge is 2.25. The number of halogens is 2. The molecule has 0 amide bonds. The molecule has 13 heteroatoms. The predicted molar refractivity (Wildman–Crippen MR) is 120 cm³/mol. The fourth-order valence-corrected chi connectivity index (χ4v) is 5.65. The minimum atomic E-state index is -4.24. The van der Waals surface area contributed by atoms with Gasteiger partial charge in [-0.3, -0.25) is 9.36 Å². The van der Waals surface area contributed by atoms with Gasteiger partial charge < -0.3 is 10.3 Å². The smallest absolute Gasteiger partial charge is 0.263 e. The van der Waals surface area contributed by atoms with E-state index in [0.29, 0.717) is 28.7 Å². The number of fused-ring (bicyclic) bond motifs is 1. The molecule has 0 spiro atoms. The molecule has 3 heterocycles. The third-order valence-corrected chi connectivity index (χ3v) is 7.55. The largest absolute Gasteiger partial charge is 0.380 e. The van der Waals surface area contributed by atoms with Crippen molar-refractivity contribution >= 4 is 38.2 Å². The number of anilines is 1. The van der Waals surface area contributed by atoms with Crippen molar-refractivity contribution in [2.45, 2.75) is 10.6 Å². The van der Waals surface area contributed by atoms with Crippen molar-refractivity contribution in [3.63, 3.8) is 0 Å². The molecule has 0 radical (unpaired) electrons. The first-order chi connectivity index (χ1) is 16.2. The van der Waals surface area contributed by atoms with Crippen molar-refractivity contribution in [1.29, 1.82) is 0 Å². The molecule has 2 aromatic carbocycles. The summed E-state index contributed by atoms with van der Waals surface area (Å²) in [7, 11) is -4.24. The SMILES string of the molecule is Nc1noc2ccc(-c3cccn(-c4cc(F)c(S(=O)(=O)Cc5ncns5)cc4F)c3=O)cc12. The average molecular weight is 501 g/mol. The first-order valence-electron chi connectivity index (χ1n) is 9.59. The van der Waals surface area contributed by atoms with Gasteiger partial charge in [0.2, 0.25) is 0 Å². The minimum Gasteiger partial charge on any atom is -0.380 e. The zero-order valence-electron chi connectivity index (χ0n) is 17.0. The zero-order chi connectivity index (χ0) is 24.0. The summed E-state index contributed by atoms with van der Waals surface area (Å²) in [6, 6.07) is 9.02. The van der Waals surface area contributed by atoms with Gasteiger partial charge >= 0.3 is 0 Å². The lowest BCUT2D eigenvalue weighted by atomic mass is 10.1. The highest BCUT2D eigenvalue weighted by molar-refractivity contribution is 7.90. The minimum absolute atomic E-state index is 0.137. The second-order valence-corrected chi connectivity index (χ2v) is 10.0. The quantitative estimate of drug-likeness (QED) is 0.388. The lowest BCUT2D eigenvalue weighted by Gasteiger charge is -2.12. The summed E-state index contributed by atoms with van der Waals surface area (Å²) >= 11 is 0.838. The molecule has 0 saturated heterocycles. The average Bonchev–Trinajstić information content (AvgIpc) is 3.44. The molecule has 5 rings (SSSR count). The molecule has 2 N–H and O–H groups in total. The predicted octanol–water partition coefficient (Wildman–Crippen LogP) is 3.33. The van der Waals surface area contributed by atoms with E-state index in [2.05, 4.69) is 14.5 Å². The Morgan fingerprint density at radius 3 is 2.71 bits per heavy atom. The summed E-state index contributed by atoms with van der Waals surface area (Å²) in [4.78, 5) is 16.1. The molecule has 0 aliphatic rings. The van der Waals surface area contributed by atoms with E-state index in [9.17, 15) is 17.6 Å². The van der Waals surface area contributed by atoms with Crippen LogP contribution in [-0.4, -0.2) is 27.5 Å². The van der Waals surface area contributed by atoms with Crippen molar-refractivity contribution in [2.75, 3.05) is 5.73 Å². The molecule has 5 aromatic rings. The molecule has 0 aliphatic heterocycles. The van der Waals surface area contributed by atoms with Gasteiger partial charge in [-0.2, -0.15) is 4.37 Å². The van der Waals surface area contributed by atoms with Crippen LogP contribution in [0.3, 0.4) is 0 Å². The normalized spacial score (nSPS) is 11.8.